The van der Waals surface area contributed by atoms with E-state index >= 15 is 8.78 Å². The molecule has 1 aliphatic rings. The third-order valence-corrected chi connectivity index (χ3v) is 8.86. The number of halogens is 2. The molecule has 3 aromatic rings. The number of Topliss-reactive ketones (excluding diaryl/α,β-unsaturated/α-hetero) is 1. The Bertz CT molecular complexity index is 1450. The first kappa shape index (κ1) is 31.1. The molecule has 2 atom stereocenters. The smallest absolute Gasteiger partial charge is 0.320 e. The highest BCUT2D eigenvalue weighted by Crippen LogP contribution is 2.30. The van der Waals surface area contributed by atoms with Gasteiger partial charge in [0.15, 0.2) is 0 Å². The summed E-state index contributed by atoms with van der Waals surface area (Å²) in [6.07, 6.45) is -1.95. The van der Waals surface area contributed by atoms with Crippen LogP contribution in [0.25, 0.3) is 0 Å². The lowest BCUT2D eigenvalue weighted by Crippen LogP contribution is -2.60. The number of ether oxygens (including phenoxy) is 2. The number of sulfonamides is 1. The van der Waals surface area contributed by atoms with E-state index in [9.17, 15) is 23.1 Å². The largest absolute Gasteiger partial charge is 0.530 e. The summed E-state index contributed by atoms with van der Waals surface area (Å²) in [5.41, 5.74) is 0.863. The maximum absolute atomic E-state index is 16.1. The van der Waals surface area contributed by atoms with E-state index in [1.54, 1.807) is 60.7 Å². The fourth-order valence-corrected chi connectivity index (χ4v) is 6.31. The summed E-state index contributed by atoms with van der Waals surface area (Å²) < 4.78 is 70.3. The Morgan fingerprint density at radius 3 is 2.12 bits per heavy atom. The van der Waals surface area contributed by atoms with E-state index < -0.39 is 53.0 Å². The summed E-state index contributed by atoms with van der Waals surface area (Å²) in [6.45, 7) is -1.85. The molecule has 3 aromatic carbocycles. The summed E-state index contributed by atoms with van der Waals surface area (Å²) in [6, 6.07) is 18.8. The zero-order valence-electron chi connectivity index (χ0n) is 22.9. The monoisotopic (exact) mass is 601 g/mol. The van der Waals surface area contributed by atoms with Crippen molar-refractivity contribution in [3.63, 3.8) is 0 Å². The lowest BCUT2D eigenvalue weighted by molar-refractivity contribution is -0.270. The number of carbonyl (C=O) groups excluding carboxylic acids is 2. The van der Waals surface area contributed by atoms with Gasteiger partial charge in [-0.3, -0.25) is 4.79 Å². The Hall–Kier alpha value is -3.87. The third kappa shape index (κ3) is 7.30. The van der Waals surface area contributed by atoms with Crippen LogP contribution in [0.5, 0.6) is 5.75 Å². The quantitative estimate of drug-likeness (QED) is 0.296. The van der Waals surface area contributed by atoms with Crippen LogP contribution in [0, 0.1) is 0 Å². The van der Waals surface area contributed by atoms with Gasteiger partial charge in [-0.1, -0.05) is 60.7 Å². The zero-order chi connectivity index (χ0) is 30.3. The summed E-state index contributed by atoms with van der Waals surface area (Å²) in [4.78, 5) is 26.2. The van der Waals surface area contributed by atoms with E-state index in [4.69, 9.17) is 9.47 Å². The van der Waals surface area contributed by atoms with E-state index in [-0.39, 0.29) is 31.0 Å². The van der Waals surface area contributed by atoms with Gasteiger partial charge in [0.05, 0.1) is 37.2 Å². The van der Waals surface area contributed by atoms with Gasteiger partial charge in [-0.2, -0.15) is 13.1 Å². The van der Waals surface area contributed by atoms with Gasteiger partial charge in [-0.25, -0.2) is 8.42 Å². The highest BCUT2D eigenvalue weighted by molar-refractivity contribution is 7.89. The van der Waals surface area contributed by atoms with Gasteiger partial charge in [-0.15, -0.1) is 0 Å². The molecule has 4 rings (SSSR count). The molecule has 1 amide bonds. The predicted octanol–water partition coefficient (Wildman–Crippen LogP) is 3.14. The Morgan fingerprint density at radius 2 is 1.60 bits per heavy atom. The molecule has 0 radical (unpaired) electrons. The van der Waals surface area contributed by atoms with Crippen LogP contribution in [0.15, 0.2) is 89.8 Å². The number of benzene rings is 3. The average molecular weight is 602 g/mol. The summed E-state index contributed by atoms with van der Waals surface area (Å²) in [7, 11) is -3.14. The van der Waals surface area contributed by atoms with Crippen molar-refractivity contribution >= 4 is 21.9 Å². The minimum absolute atomic E-state index is 0.0793. The number of hydrogen-bond acceptors (Lipinski definition) is 7. The van der Waals surface area contributed by atoms with E-state index in [1.165, 1.54) is 31.4 Å². The van der Waals surface area contributed by atoms with Crippen LogP contribution in [0.3, 0.4) is 0 Å². The number of rotatable bonds is 13. The number of methoxy groups -OCH3 is 1. The average Bonchev–Trinajstić information content (AvgIpc) is 3.51. The first-order valence-corrected chi connectivity index (χ1v) is 14.7. The van der Waals surface area contributed by atoms with Crippen LogP contribution >= 0.6 is 0 Å². The number of carbonyl (C=O) groups is 2. The number of amides is 1. The predicted molar refractivity (Wildman–Crippen MR) is 147 cm³/mol. The summed E-state index contributed by atoms with van der Waals surface area (Å²) >= 11 is 0. The number of hydrogen-bond donors (Lipinski definition) is 0. The number of alkyl halides is 2. The maximum Gasteiger partial charge on any atom is 0.320 e. The minimum Gasteiger partial charge on any atom is -0.530 e. The van der Waals surface area contributed by atoms with E-state index in [1.807, 2.05) is 0 Å². The van der Waals surface area contributed by atoms with E-state index in [2.05, 4.69) is 0 Å². The Labute approximate surface area is 243 Å². The molecular weight excluding hydrogens is 570 g/mol. The van der Waals surface area contributed by atoms with Crippen molar-refractivity contribution in [1.29, 1.82) is 0 Å². The minimum atomic E-state index is -4.54. The molecule has 42 heavy (non-hydrogen) atoms. The normalized spacial score (nSPS) is 16.2. The van der Waals surface area contributed by atoms with Crippen molar-refractivity contribution in [3.8, 4) is 5.75 Å². The molecule has 0 spiro atoms. The van der Waals surface area contributed by atoms with Crippen LogP contribution in [0.2, 0.25) is 0 Å². The van der Waals surface area contributed by atoms with Gasteiger partial charge in [0.2, 0.25) is 15.8 Å². The first-order chi connectivity index (χ1) is 20.0. The van der Waals surface area contributed by atoms with Crippen LogP contribution in [0.4, 0.5) is 13.6 Å². The van der Waals surface area contributed by atoms with Gasteiger partial charge >= 0.3 is 5.92 Å². The zero-order valence-corrected chi connectivity index (χ0v) is 23.7. The third-order valence-electron chi connectivity index (χ3n) is 7.05. The lowest BCUT2D eigenvalue weighted by atomic mass is 9.95. The molecule has 224 valence electrons. The number of nitrogens with zero attached hydrogens (tertiary/aromatic N) is 2. The van der Waals surface area contributed by atoms with E-state index in [0.29, 0.717) is 26.1 Å². The highest BCUT2D eigenvalue weighted by atomic mass is 32.2. The number of carboxylic acid groups (broad SMARTS) is 1. The number of ketones is 1. The fraction of sp³-hybridized carbons (Fsp3) is 0.333. The molecule has 0 aliphatic carbocycles. The molecule has 1 heterocycles. The second kappa shape index (κ2) is 13.4. The van der Waals surface area contributed by atoms with Gasteiger partial charge < -0.3 is 24.3 Å². The van der Waals surface area contributed by atoms with Crippen molar-refractivity contribution in [2.24, 2.45) is 0 Å². The molecule has 1 fully saturated rings. The van der Waals surface area contributed by atoms with Crippen LogP contribution in [-0.2, 0) is 32.5 Å². The van der Waals surface area contributed by atoms with Crippen molar-refractivity contribution in [3.05, 3.63) is 96.1 Å². The van der Waals surface area contributed by atoms with Gasteiger partial charge in [-0.05, 0) is 41.8 Å². The van der Waals surface area contributed by atoms with Crippen LogP contribution in [-0.4, -0.2) is 74.4 Å². The van der Waals surface area contributed by atoms with Crippen molar-refractivity contribution < 1.29 is 41.4 Å². The molecule has 12 heteroatoms. The first-order valence-electron chi connectivity index (χ1n) is 13.2. The lowest BCUT2D eigenvalue weighted by Gasteiger charge is -2.39. The highest BCUT2D eigenvalue weighted by Gasteiger charge is 2.49. The van der Waals surface area contributed by atoms with Gasteiger partial charge in [0, 0.05) is 19.6 Å². The van der Waals surface area contributed by atoms with Crippen LogP contribution < -0.4 is 9.84 Å². The molecule has 0 aromatic heterocycles. The summed E-state index contributed by atoms with van der Waals surface area (Å²) in [5, 5.41) is 12.3. The van der Waals surface area contributed by atoms with Crippen molar-refractivity contribution in [1.82, 2.24) is 9.21 Å². The molecule has 0 saturated carbocycles. The van der Waals surface area contributed by atoms with Crippen LogP contribution in [0.1, 0.15) is 17.5 Å². The van der Waals surface area contributed by atoms with E-state index in [0.717, 1.165) is 0 Å². The second-order valence-corrected chi connectivity index (χ2v) is 11.8. The van der Waals surface area contributed by atoms with Gasteiger partial charge in [0.1, 0.15) is 11.8 Å². The molecular formula is C30H31F2N2O7S-. The standard InChI is InChI=1S/C30H32F2N2O7S/c1-40-25-12-14-26(15-13-25)42(38,39)33(19-23-10-6-3-7-11-23)21-30(31,32)28(35)27(18-22-8-4-2-5-9-22)34(29(36)37)24-16-17-41-20-24/h2-15,24,27H,16-21H2,1H3,(H,36,37)/p-1/t24-,27+/m0/s1. The molecule has 1 aliphatic heterocycles. The Balaban J connectivity index is 1.71. The topological polar surface area (TPSA) is 116 Å². The molecule has 1 saturated heterocycles. The molecule has 0 N–H and O–H groups in total. The fourth-order valence-electron chi connectivity index (χ4n) is 4.88. The molecule has 0 bridgehead atoms. The summed E-state index contributed by atoms with van der Waals surface area (Å²) in [5.74, 6) is -5.64. The van der Waals surface area contributed by atoms with Crippen molar-refractivity contribution in [2.45, 2.75) is 42.3 Å². The second-order valence-electron chi connectivity index (χ2n) is 9.90. The molecule has 9 nitrogen and oxygen atoms in total. The maximum atomic E-state index is 16.1. The SMILES string of the molecule is COc1ccc(S(=O)(=O)N(Cc2ccccc2)CC(F)(F)C(=O)[C@@H](Cc2ccccc2)N(C(=O)[O-])[C@H]2CCOC2)cc1. The van der Waals surface area contributed by atoms with Crippen molar-refractivity contribution in [2.75, 3.05) is 26.9 Å². The Morgan fingerprint density at radius 1 is 1.00 bits per heavy atom. The Kier molecular flexibility index (Phi) is 9.92. The van der Waals surface area contributed by atoms with Gasteiger partial charge in [0.25, 0.3) is 0 Å². The molecule has 0 unspecified atom stereocenters.